The number of benzene rings is 12. The molecular formula is C64H42F2N2. The van der Waals surface area contributed by atoms with E-state index in [1.807, 2.05) is 216 Å². The molecule has 0 aliphatic rings. The minimum atomic E-state index is -0.317. The van der Waals surface area contributed by atoms with E-state index in [4.69, 9.17) is 0 Å². The molecule has 0 saturated heterocycles. The predicted octanol–water partition coefficient (Wildman–Crippen LogP) is 18.5. The molecule has 0 fully saturated rings. The van der Waals surface area contributed by atoms with Gasteiger partial charge in [-0.2, -0.15) is 0 Å². The van der Waals surface area contributed by atoms with Gasteiger partial charge in [0.15, 0.2) is 11.6 Å². The van der Waals surface area contributed by atoms with Crippen LogP contribution < -0.4 is 9.80 Å². The molecular weight excluding hydrogens is 835 g/mol. The van der Waals surface area contributed by atoms with Gasteiger partial charge >= 0.3 is 0 Å². The van der Waals surface area contributed by atoms with Crippen LogP contribution in [0, 0.1) is 11.6 Å². The van der Waals surface area contributed by atoms with Gasteiger partial charge in [-0.25, -0.2) is 8.78 Å². The fraction of sp³-hybridized carbons (Fsp3) is 0. The van der Waals surface area contributed by atoms with Gasteiger partial charge in [0.25, 0.3) is 0 Å². The number of anilines is 6. The molecule has 4 heteroatoms. The van der Waals surface area contributed by atoms with Crippen LogP contribution in [0.5, 0.6) is 0 Å². The van der Waals surface area contributed by atoms with Gasteiger partial charge in [-0.3, -0.25) is 0 Å². The van der Waals surface area contributed by atoms with E-state index in [2.05, 4.69) is 48.5 Å². The van der Waals surface area contributed by atoms with Crippen LogP contribution in [0.1, 0.15) is 0 Å². The van der Waals surface area contributed by atoms with E-state index in [0.29, 0.717) is 22.5 Å². The highest BCUT2D eigenvalue weighted by Gasteiger charge is 2.27. The van der Waals surface area contributed by atoms with Crippen molar-refractivity contribution in [2.24, 2.45) is 0 Å². The number of para-hydroxylation sites is 2. The molecule has 322 valence electrons. The van der Waals surface area contributed by atoms with Crippen LogP contribution in [0.2, 0.25) is 0 Å². The molecule has 2 nitrogen and oxygen atoms in total. The summed E-state index contributed by atoms with van der Waals surface area (Å²) in [6, 6.07) is 84.7. The molecule has 0 saturated carbocycles. The van der Waals surface area contributed by atoms with Crippen LogP contribution in [0.25, 0.3) is 76.8 Å². The maximum atomic E-state index is 18.0. The minimum Gasteiger partial charge on any atom is -0.307 e. The summed E-state index contributed by atoms with van der Waals surface area (Å²) in [6.45, 7) is 0. The van der Waals surface area contributed by atoms with Crippen LogP contribution in [0.3, 0.4) is 0 Å². The van der Waals surface area contributed by atoms with Crippen molar-refractivity contribution in [3.8, 4) is 44.5 Å². The molecule has 0 spiro atoms. The molecule has 0 amide bonds. The second-order valence-electron chi connectivity index (χ2n) is 17.0. The van der Waals surface area contributed by atoms with E-state index in [0.717, 1.165) is 88.4 Å². The van der Waals surface area contributed by atoms with Gasteiger partial charge < -0.3 is 9.80 Å². The Hall–Kier alpha value is -8.86. The lowest BCUT2D eigenvalue weighted by Crippen LogP contribution is -2.14. The average molecular weight is 877 g/mol. The lowest BCUT2D eigenvalue weighted by Gasteiger charge is -2.30. The van der Waals surface area contributed by atoms with E-state index >= 15 is 8.78 Å². The quantitative estimate of drug-likeness (QED) is 0.126. The summed E-state index contributed by atoms with van der Waals surface area (Å²) in [6.07, 6.45) is 0. The first kappa shape index (κ1) is 40.6. The van der Waals surface area contributed by atoms with Gasteiger partial charge in [-0.1, -0.05) is 206 Å². The zero-order valence-corrected chi connectivity index (χ0v) is 36.9. The fourth-order valence-electron chi connectivity index (χ4n) is 10.1. The molecule has 12 rings (SSSR count). The first-order valence-electron chi connectivity index (χ1n) is 22.9. The van der Waals surface area contributed by atoms with Crippen LogP contribution in [0.15, 0.2) is 255 Å². The highest BCUT2D eigenvalue weighted by atomic mass is 19.1. The van der Waals surface area contributed by atoms with E-state index in [9.17, 15) is 0 Å². The summed E-state index contributed by atoms with van der Waals surface area (Å²) in [7, 11) is 0. The minimum absolute atomic E-state index is 0.317. The van der Waals surface area contributed by atoms with Gasteiger partial charge in [0.05, 0.1) is 22.7 Å². The third-order valence-electron chi connectivity index (χ3n) is 13.1. The Kier molecular flexibility index (Phi) is 10.3. The SMILES string of the molecule is Fc1c(N(c2ccccc2)c2ccc3ccc4c(N(c5ccccc5)c5ccc(-c6ccccc6)c(-c6ccccc6)c5F)ccc5ccc2c3c54)ccc(-c2ccccc2)c1-c1ccccc1. The van der Waals surface area contributed by atoms with Crippen molar-refractivity contribution in [1.29, 1.82) is 0 Å². The molecule has 0 N–H and O–H groups in total. The average Bonchev–Trinajstić information content (AvgIpc) is 3.41. The summed E-state index contributed by atoms with van der Waals surface area (Å²) in [5.74, 6) is -0.633. The first-order valence-corrected chi connectivity index (χ1v) is 22.9. The Balaban J connectivity index is 1.09. The lowest BCUT2D eigenvalue weighted by molar-refractivity contribution is 0.632. The smallest absolute Gasteiger partial charge is 0.155 e. The highest BCUT2D eigenvalue weighted by Crippen LogP contribution is 2.50. The van der Waals surface area contributed by atoms with Gasteiger partial charge in [0.2, 0.25) is 0 Å². The number of halogens is 2. The van der Waals surface area contributed by atoms with Crippen LogP contribution in [-0.2, 0) is 0 Å². The monoisotopic (exact) mass is 876 g/mol. The molecule has 0 atom stereocenters. The van der Waals surface area contributed by atoms with Crippen molar-refractivity contribution in [2.75, 3.05) is 9.80 Å². The van der Waals surface area contributed by atoms with E-state index in [1.54, 1.807) is 0 Å². The molecule has 12 aromatic rings. The molecule has 0 bridgehead atoms. The van der Waals surface area contributed by atoms with Gasteiger partial charge in [-0.05, 0) is 103 Å². The van der Waals surface area contributed by atoms with Gasteiger partial charge in [-0.15, -0.1) is 0 Å². The summed E-state index contributed by atoms with van der Waals surface area (Å²) in [4.78, 5) is 4.10. The topological polar surface area (TPSA) is 6.48 Å². The molecule has 0 aromatic heterocycles. The van der Waals surface area contributed by atoms with E-state index in [-0.39, 0.29) is 11.6 Å². The van der Waals surface area contributed by atoms with Crippen molar-refractivity contribution in [3.05, 3.63) is 266 Å². The number of nitrogens with zero attached hydrogens (tertiary/aromatic N) is 2. The van der Waals surface area contributed by atoms with Crippen molar-refractivity contribution in [2.45, 2.75) is 0 Å². The standard InChI is InChI=1S/C64H42F2N2/c65-63-57(41-37-51(43-19-7-1-8-20-43)61(63)45-23-11-3-12-24-45)67(49-27-15-5-16-28-49)55-39-33-47-32-36-54-56(40-34-48-31-35-53(55)59(47)60(48)54)68(50-29-17-6-18-30-50)58-42-38-52(44-21-9-2-10-22-44)62(64(58)66)46-25-13-4-14-26-46/h1-42H. The van der Waals surface area contributed by atoms with Crippen LogP contribution >= 0.6 is 0 Å². The largest absolute Gasteiger partial charge is 0.307 e. The number of hydrogen-bond acceptors (Lipinski definition) is 2. The van der Waals surface area contributed by atoms with Crippen molar-refractivity contribution in [3.63, 3.8) is 0 Å². The van der Waals surface area contributed by atoms with Crippen molar-refractivity contribution < 1.29 is 8.78 Å². The Bertz CT molecular complexity index is 3480. The lowest BCUT2D eigenvalue weighted by atomic mass is 9.90. The zero-order chi connectivity index (χ0) is 45.6. The molecule has 0 unspecified atom stereocenters. The highest BCUT2D eigenvalue weighted by molar-refractivity contribution is 6.28. The molecule has 12 aromatic carbocycles. The Morgan fingerprint density at radius 2 is 0.544 bits per heavy atom. The van der Waals surface area contributed by atoms with Gasteiger partial charge in [0, 0.05) is 33.3 Å². The third kappa shape index (κ3) is 6.94. The second-order valence-corrected chi connectivity index (χ2v) is 17.0. The Morgan fingerprint density at radius 1 is 0.250 bits per heavy atom. The summed E-state index contributed by atoms with van der Waals surface area (Å²) < 4.78 is 36.0. The number of hydrogen-bond donors (Lipinski definition) is 0. The van der Waals surface area contributed by atoms with Crippen molar-refractivity contribution in [1.82, 2.24) is 0 Å². The Labute approximate surface area is 394 Å². The molecule has 0 aliphatic heterocycles. The van der Waals surface area contributed by atoms with Gasteiger partial charge in [0.1, 0.15) is 0 Å². The first-order chi connectivity index (χ1) is 33.6. The third-order valence-corrected chi connectivity index (χ3v) is 13.1. The van der Waals surface area contributed by atoms with E-state index in [1.165, 1.54) is 0 Å². The van der Waals surface area contributed by atoms with E-state index < -0.39 is 0 Å². The molecule has 0 heterocycles. The van der Waals surface area contributed by atoms with Crippen LogP contribution in [-0.4, -0.2) is 0 Å². The fourth-order valence-corrected chi connectivity index (χ4v) is 10.1. The normalized spacial score (nSPS) is 11.4. The summed E-state index contributed by atoms with van der Waals surface area (Å²) in [5.41, 5.74) is 10.4. The predicted molar refractivity (Wildman–Crippen MR) is 281 cm³/mol. The maximum Gasteiger partial charge on any atom is 0.155 e. The zero-order valence-electron chi connectivity index (χ0n) is 36.9. The van der Waals surface area contributed by atoms with Crippen LogP contribution in [0.4, 0.5) is 42.9 Å². The summed E-state index contributed by atoms with van der Waals surface area (Å²) in [5, 5.41) is 6.11. The molecule has 0 aliphatic carbocycles. The second kappa shape index (κ2) is 17.2. The van der Waals surface area contributed by atoms with Crippen molar-refractivity contribution >= 4 is 66.4 Å². The molecule has 0 radical (unpaired) electrons. The summed E-state index contributed by atoms with van der Waals surface area (Å²) >= 11 is 0. The molecule has 68 heavy (non-hydrogen) atoms. The Morgan fingerprint density at radius 3 is 0.897 bits per heavy atom. The maximum absolute atomic E-state index is 18.0. The number of rotatable bonds is 10.